The number of carbonyl (C=O) groups is 1. The maximum atomic E-state index is 11.1. The van der Waals surface area contributed by atoms with Gasteiger partial charge in [-0.2, -0.15) is 0 Å². The van der Waals surface area contributed by atoms with Crippen molar-refractivity contribution in [3.63, 3.8) is 0 Å². The van der Waals surface area contributed by atoms with E-state index >= 15 is 0 Å². The average Bonchev–Trinajstić information content (AvgIpc) is 1.99. The summed E-state index contributed by atoms with van der Waals surface area (Å²) in [6, 6.07) is 0. The lowest BCUT2D eigenvalue weighted by molar-refractivity contribution is -0.107. The van der Waals surface area contributed by atoms with E-state index in [9.17, 15) is 9.59 Å². The van der Waals surface area contributed by atoms with Crippen molar-refractivity contribution in [1.82, 2.24) is 9.55 Å². The summed E-state index contributed by atoms with van der Waals surface area (Å²) in [7, 11) is 1.60. The zero-order valence-corrected chi connectivity index (χ0v) is 6.15. The van der Waals surface area contributed by atoms with Gasteiger partial charge in [0.1, 0.15) is 6.29 Å². The van der Waals surface area contributed by atoms with E-state index in [0.29, 0.717) is 11.8 Å². The van der Waals surface area contributed by atoms with Gasteiger partial charge in [-0.25, -0.2) is 4.98 Å². The molecule has 0 amide bonds. The van der Waals surface area contributed by atoms with E-state index in [4.69, 9.17) is 0 Å². The molecule has 0 unspecified atom stereocenters. The van der Waals surface area contributed by atoms with Crippen LogP contribution in [0.15, 0.2) is 17.3 Å². The van der Waals surface area contributed by atoms with E-state index in [0.717, 1.165) is 0 Å². The normalized spacial score (nSPS) is 9.55. The summed E-state index contributed by atoms with van der Waals surface area (Å²) in [5.41, 5.74) is 0.275. The Morgan fingerprint density at radius 2 is 2.45 bits per heavy atom. The average molecular weight is 152 g/mol. The SMILES string of the molecule is Cn1cncc(CC=O)c1=O. The van der Waals surface area contributed by atoms with Crippen LogP contribution in [0.1, 0.15) is 5.56 Å². The Kier molecular flexibility index (Phi) is 2.15. The van der Waals surface area contributed by atoms with Crippen LogP contribution in [0, 0.1) is 0 Å². The summed E-state index contributed by atoms with van der Waals surface area (Å²) in [6.07, 6.45) is 3.66. The molecule has 0 atom stereocenters. The molecule has 0 N–H and O–H groups in total. The van der Waals surface area contributed by atoms with E-state index in [1.807, 2.05) is 0 Å². The number of aryl methyl sites for hydroxylation is 1. The van der Waals surface area contributed by atoms with Crippen LogP contribution >= 0.6 is 0 Å². The van der Waals surface area contributed by atoms with Crippen molar-refractivity contribution in [3.8, 4) is 0 Å². The number of hydrogen-bond acceptors (Lipinski definition) is 3. The van der Waals surface area contributed by atoms with Gasteiger partial charge in [-0.05, 0) is 0 Å². The molecule has 1 aromatic heterocycles. The Hall–Kier alpha value is -1.45. The van der Waals surface area contributed by atoms with Crippen LogP contribution in [0.25, 0.3) is 0 Å². The van der Waals surface area contributed by atoms with Crippen LogP contribution in [-0.4, -0.2) is 15.8 Å². The number of nitrogens with zero attached hydrogens (tertiary/aromatic N) is 2. The number of carbonyl (C=O) groups excluding carboxylic acids is 1. The van der Waals surface area contributed by atoms with Gasteiger partial charge in [0.2, 0.25) is 0 Å². The van der Waals surface area contributed by atoms with Gasteiger partial charge in [0, 0.05) is 25.2 Å². The van der Waals surface area contributed by atoms with Gasteiger partial charge in [-0.1, -0.05) is 0 Å². The minimum absolute atomic E-state index is 0.139. The standard InChI is InChI=1S/C7H8N2O2/c1-9-5-8-4-6(2-3-10)7(9)11/h3-5H,2H2,1H3. The quantitative estimate of drug-likeness (QED) is 0.538. The van der Waals surface area contributed by atoms with Crippen molar-refractivity contribution in [2.75, 3.05) is 0 Å². The first-order valence-corrected chi connectivity index (χ1v) is 3.19. The summed E-state index contributed by atoms with van der Waals surface area (Å²) in [6.45, 7) is 0. The van der Waals surface area contributed by atoms with Gasteiger partial charge in [-0.3, -0.25) is 4.79 Å². The predicted molar refractivity (Wildman–Crippen MR) is 39.2 cm³/mol. The van der Waals surface area contributed by atoms with Gasteiger partial charge in [-0.15, -0.1) is 0 Å². The number of aldehydes is 1. The van der Waals surface area contributed by atoms with Crippen molar-refractivity contribution < 1.29 is 4.79 Å². The third-order valence-electron chi connectivity index (χ3n) is 1.37. The maximum absolute atomic E-state index is 11.1. The van der Waals surface area contributed by atoms with Crippen LogP contribution in [0.2, 0.25) is 0 Å². The highest BCUT2D eigenvalue weighted by Crippen LogP contribution is 1.85. The lowest BCUT2D eigenvalue weighted by Crippen LogP contribution is -2.21. The third kappa shape index (κ3) is 1.52. The molecular weight excluding hydrogens is 144 g/mol. The fraction of sp³-hybridized carbons (Fsp3) is 0.286. The number of rotatable bonds is 2. The summed E-state index contributed by atoms with van der Waals surface area (Å²) in [5, 5.41) is 0. The second-order valence-corrected chi connectivity index (χ2v) is 2.21. The van der Waals surface area contributed by atoms with E-state index in [2.05, 4.69) is 4.98 Å². The Morgan fingerprint density at radius 1 is 1.73 bits per heavy atom. The van der Waals surface area contributed by atoms with Crippen LogP contribution < -0.4 is 5.56 Å². The first-order valence-electron chi connectivity index (χ1n) is 3.19. The Morgan fingerprint density at radius 3 is 3.09 bits per heavy atom. The van der Waals surface area contributed by atoms with Crippen molar-refractivity contribution in [2.24, 2.45) is 7.05 Å². The van der Waals surface area contributed by atoms with Gasteiger partial charge < -0.3 is 9.36 Å². The second-order valence-electron chi connectivity index (χ2n) is 2.21. The molecule has 0 fully saturated rings. The van der Waals surface area contributed by atoms with E-state index in [1.165, 1.54) is 17.1 Å². The van der Waals surface area contributed by atoms with E-state index in [1.54, 1.807) is 7.05 Å². The van der Waals surface area contributed by atoms with Crippen LogP contribution in [0.4, 0.5) is 0 Å². The number of aromatic nitrogens is 2. The zero-order valence-electron chi connectivity index (χ0n) is 6.15. The molecule has 1 aromatic rings. The zero-order chi connectivity index (χ0) is 8.27. The van der Waals surface area contributed by atoms with Crippen LogP contribution in [-0.2, 0) is 18.3 Å². The molecule has 0 aliphatic rings. The molecule has 1 heterocycles. The Labute approximate surface area is 63.5 Å². The molecule has 0 aliphatic carbocycles. The second kappa shape index (κ2) is 3.09. The van der Waals surface area contributed by atoms with Crippen LogP contribution in [0.3, 0.4) is 0 Å². The first-order chi connectivity index (χ1) is 5.25. The number of hydrogen-bond donors (Lipinski definition) is 0. The highest BCUT2D eigenvalue weighted by Gasteiger charge is 1.98. The molecule has 0 saturated carbocycles. The van der Waals surface area contributed by atoms with Gasteiger partial charge in [0.05, 0.1) is 6.33 Å². The fourth-order valence-electron chi connectivity index (χ4n) is 0.787. The molecule has 0 spiro atoms. The molecule has 4 nitrogen and oxygen atoms in total. The molecule has 4 heteroatoms. The first kappa shape index (κ1) is 7.65. The summed E-state index contributed by atoms with van der Waals surface area (Å²) >= 11 is 0. The highest BCUT2D eigenvalue weighted by molar-refractivity contribution is 5.54. The Balaban J connectivity index is 3.16. The molecule has 0 saturated heterocycles. The fourth-order valence-corrected chi connectivity index (χ4v) is 0.787. The molecule has 58 valence electrons. The molecule has 0 radical (unpaired) electrons. The van der Waals surface area contributed by atoms with Crippen molar-refractivity contribution in [2.45, 2.75) is 6.42 Å². The van der Waals surface area contributed by atoms with Crippen molar-refractivity contribution >= 4 is 6.29 Å². The summed E-state index contributed by atoms with van der Waals surface area (Å²) in [4.78, 5) is 25.0. The van der Waals surface area contributed by atoms with E-state index in [-0.39, 0.29) is 12.0 Å². The Bertz CT molecular complexity index is 316. The maximum Gasteiger partial charge on any atom is 0.256 e. The summed E-state index contributed by atoms with van der Waals surface area (Å²) < 4.78 is 1.35. The van der Waals surface area contributed by atoms with E-state index < -0.39 is 0 Å². The molecule has 0 aliphatic heterocycles. The molecule has 1 rings (SSSR count). The molecule has 11 heavy (non-hydrogen) atoms. The van der Waals surface area contributed by atoms with Crippen LogP contribution in [0.5, 0.6) is 0 Å². The lowest BCUT2D eigenvalue weighted by atomic mass is 10.2. The van der Waals surface area contributed by atoms with Gasteiger partial charge >= 0.3 is 0 Å². The van der Waals surface area contributed by atoms with Gasteiger partial charge in [0.25, 0.3) is 5.56 Å². The van der Waals surface area contributed by atoms with Gasteiger partial charge in [0.15, 0.2) is 0 Å². The molecular formula is C7H8N2O2. The minimum atomic E-state index is -0.160. The largest absolute Gasteiger partial charge is 0.303 e. The van der Waals surface area contributed by atoms with Crippen molar-refractivity contribution in [1.29, 1.82) is 0 Å². The molecule has 0 bridgehead atoms. The minimum Gasteiger partial charge on any atom is -0.303 e. The monoisotopic (exact) mass is 152 g/mol. The topological polar surface area (TPSA) is 52.0 Å². The third-order valence-corrected chi connectivity index (χ3v) is 1.37. The van der Waals surface area contributed by atoms with Crippen molar-refractivity contribution in [3.05, 3.63) is 28.4 Å². The smallest absolute Gasteiger partial charge is 0.256 e. The summed E-state index contributed by atoms with van der Waals surface area (Å²) in [5.74, 6) is 0. The predicted octanol–water partition coefficient (Wildman–Crippen LogP) is -0.478. The molecule has 0 aromatic carbocycles. The highest BCUT2D eigenvalue weighted by atomic mass is 16.1. The lowest BCUT2D eigenvalue weighted by Gasteiger charge is -1.96.